The number of hydrogen-bond acceptors (Lipinski definition) is 2. The van der Waals surface area contributed by atoms with Gasteiger partial charge in [-0.05, 0) is 22.8 Å². The maximum atomic E-state index is 6.32. The van der Waals surface area contributed by atoms with E-state index in [0.29, 0.717) is 0 Å². The molecule has 3 aromatic rings. The highest BCUT2D eigenvalue weighted by Crippen LogP contribution is 2.19. The molecule has 2 nitrogen and oxygen atoms in total. The molecule has 0 aliphatic rings. The van der Waals surface area contributed by atoms with Gasteiger partial charge in [0.05, 0.1) is 6.04 Å². The van der Waals surface area contributed by atoms with E-state index < -0.39 is 0 Å². The number of rotatable bonds is 6. The summed E-state index contributed by atoms with van der Waals surface area (Å²) in [5.74, 6) is 0. The summed E-state index contributed by atoms with van der Waals surface area (Å²) in [6.07, 6.45) is 2.09. The zero-order chi connectivity index (χ0) is 16.6. The molecule has 0 radical (unpaired) electrons. The molecule has 3 aromatic carbocycles. The molecule has 0 aliphatic heterocycles. The SMILES string of the molecule is N/C(=C\C(NCc1ccccc1)c1ccccc1)c1ccccc1. The lowest BCUT2D eigenvalue weighted by atomic mass is 10.0. The van der Waals surface area contributed by atoms with Crippen molar-refractivity contribution in [3.8, 4) is 0 Å². The van der Waals surface area contributed by atoms with Crippen LogP contribution in [0.3, 0.4) is 0 Å². The van der Waals surface area contributed by atoms with E-state index in [1.54, 1.807) is 0 Å². The van der Waals surface area contributed by atoms with E-state index in [1.807, 2.05) is 42.5 Å². The van der Waals surface area contributed by atoms with E-state index in [9.17, 15) is 0 Å². The van der Waals surface area contributed by atoms with E-state index in [1.165, 1.54) is 11.1 Å². The first-order chi connectivity index (χ1) is 11.8. The third kappa shape index (κ3) is 4.34. The molecular weight excluding hydrogens is 292 g/mol. The number of hydrogen-bond donors (Lipinski definition) is 2. The van der Waals surface area contributed by atoms with Gasteiger partial charge in [0.25, 0.3) is 0 Å². The molecule has 3 rings (SSSR count). The van der Waals surface area contributed by atoms with Gasteiger partial charge < -0.3 is 11.1 Å². The van der Waals surface area contributed by atoms with Crippen LogP contribution in [-0.4, -0.2) is 0 Å². The van der Waals surface area contributed by atoms with Crippen molar-refractivity contribution in [2.75, 3.05) is 0 Å². The number of benzene rings is 3. The van der Waals surface area contributed by atoms with Crippen LogP contribution >= 0.6 is 0 Å². The van der Waals surface area contributed by atoms with Crippen LogP contribution in [-0.2, 0) is 6.54 Å². The van der Waals surface area contributed by atoms with Crippen molar-refractivity contribution in [2.45, 2.75) is 12.6 Å². The van der Waals surface area contributed by atoms with Gasteiger partial charge in [-0.1, -0.05) is 91.0 Å². The summed E-state index contributed by atoms with van der Waals surface area (Å²) >= 11 is 0. The second kappa shape index (κ2) is 8.14. The molecular formula is C22H22N2. The van der Waals surface area contributed by atoms with E-state index in [0.717, 1.165) is 17.8 Å². The molecule has 0 aliphatic carbocycles. The summed E-state index contributed by atoms with van der Waals surface area (Å²) in [5, 5.41) is 3.60. The van der Waals surface area contributed by atoms with E-state index in [4.69, 9.17) is 5.73 Å². The third-order valence-electron chi connectivity index (χ3n) is 3.98. The lowest BCUT2D eigenvalue weighted by Crippen LogP contribution is -2.20. The topological polar surface area (TPSA) is 38.0 Å². The maximum absolute atomic E-state index is 6.32. The molecule has 3 N–H and O–H groups in total. The van der Waals surface area contributed by atoms with Gasteiger partial charge in [-0.25, -0.2) is 0 Å². The van der Waals surface area contributed by atoms with Crippen molar-refractivity contribution in [1.82, 2.24) is 5.32 Å². The Bertz CT molecular complexity index is 765. The van der Waals surface area contributed by atoms with Crippen LogP contribution in [0.4, 0.5) is 0 Å². The van der Waals surface area contributed by atoms with Crippen molar-refractivity contribution in [2.24, 2.45) is 5.73 Å². The molecule has 1 atom stereocenters. The Morgan fingerprint density at radius 1 is 0.792 bits per heavy atom. The summed E-state index contributed by atoms with van der Waals surface area (Å²) in [5.41, 5.74) is 10.6. The van der Waals surface area contributed by atoms with Crippen LogP contribution in [0.25, 0.3) is 5.70 Å². The average Bonchev–Trinajstić information content (AvgIpc) is 2.67. The van der Waals surface area contributed by atoms with Gasteiger partial charge in [0.2, 0.25) is 0 Å². The zero-order valence-corrected chi connectivity index (χ0v) is 13.6. The molecule has 2 heteroatoms. The van der Waals surface area contributed by atoms with Crippen molar-refractivity contribution >= 4 is 5.70 Å². The first-order valence-electron chi connectivity index (χ1n) is 8.18. The molecule has 1 unspecified atom stereocenters. The Morgan fingerprint density at radius 3 is 1.96 bits per heavy atom. The summed E-state index contributed by atoms with van der Waals surface area (Å²) in [6, 6.07) is 30.9. The fourth-order valence-corrected chi connectivity index (χ4v) is 2.66. The van der Waals surface area contributed by atoms with Crippen LogP contribution in [0.5, 0.6) is 0 Å². The molecule has 0 heterocycles. The molecule has 0 amide bonds. The van der Waals surface area contributed by atoms with Gasteiger partial charge in [-0.3, -0.25) is 0 Å². The molecule has 120 valence electrons. The molecule has 0 saturated carbocycles. The van der Waals surface area contributed by atoms with Crippen molar-refractivity contribution in [3.05, 3.63) is 114 Å². The quantitative estimate of drug-likeness (QED) is 0.702. The predicted octanol–water partition coefficient (Wildman–Crippen LogP) is 4.52. The van der Waals surface area contributed by atoms with Crippen LogP contribution in [0.15, 0.2) is 97.1 Å². The minimum Gasteiger partial charge on any atom is -0.398 e. The minimum atomic E-state index is 0.0617. The van der Waals surface area contributed by atoms with Crippen LogP contribution in [0.2, 0.25) is 0 Å². The highest BCUT2D eigenvalue weighted by Gasteiger charge is 2.09. The Hall–Kier alpha value is -2.84. The summed E-state index contributed by atoms with van der Waals surface area (Å²) < 4.78 is 0. The van der Waals surface area contributed by atoms with Crippen molar-refractivity contribution in [3.63, 3.8) is 0 Å². The third-order valence-corrected chi connectivity index (χ3v) is 3.98. The lowest BCUT2D eigenvalue weighted by molar-refractivity contribution is 0.621. The standard InChI is InChI=1S/C22H22N2/c23-21(19-12-6-2-7-13-19)16-22(20-14-8-3-9-15-20)24-17-18-10-4-1-5-11-18/h1-16,22,24H,17,23H2/b21-16-. The Morgan fingerprint density at radius 2 is 1.33 bits per heavy atom. The van der Waals surface area contributed by atoms with Gasteiger partial charge in [0, 0.05) is 12.2 Å². The largest absolute Gasteiger partial charge is 0.398 e. The summed E-state index contributed by atoms with van der Waals surface area (Å²) in [7, 11) is 0. The van der Waals surface area contributed by atoms with Gasteiger partial charge >= 0.3 is 0 Å². The maximum Gasteiger partial charge on any atom is 0.0531 e. The second-order valence-electron chi connectivity index (χ2n) is 5.74. The summed E-state index contributed by atoms with van der Waals surface area (Å²) in [4.78, 5) is 0. The van der Waals surface area contributed by atoms with Gasteiger partial charge in [-0.15, -0.1) is 0 Å². The molecule has 0 saturated heterocycles. The molecule has 0 spiro atoms. The van der Waals surface area contributed by atoms with Gasteiger partial charge in [-0.2, -0.15) is 0 Å². The smallest absolute Gasteiger partial charge is 0.0531 e. The van der Waals surface area contributed by atoms with Crippen molar-refractivity contribution < 1.29 is 0 Å². The van der Waals surface area contributed by atoms with E-state index >= 15 is 0 Å². The monoisotopic (exact) mass is 314 g/mol. The number of nitrogens with two attached hydrogens (primary N) is 1. The predicted molar refractivity (Wildman–Crippen MR) is 101 cm³/mol. The number of nitrogens with one attached hydrogen (secondary N) is 1. The first kappa shape index (κ1) is 16.0. The van der Waals surface area contributed by atoms with Gasteiger partial charge in [0.15, 0.2) is 0 Å². The molecule has 0 bridgehead atoms. The van der Waals surface area contributed by atoms with E-state index in [-0.39, 0.29) is 6.04 Å². The molecule has 24 heavy (non-hydrogen) atoms. The Kier molecular flexibility index (Phi) is 5.44. The minimum absolute atomic E-state index is 0.0617. The zero-order valence-electron chi connectivity index (χ0n) is 13.6. The summed E-state index contributed by atoms with van der Waals surface area (Å²) in [6.45, 7) is 0.791. The molecule has 0 aromatic heterocycles. The molecule has 0 fully saturated rings. The Labute approximate surface area is 143 Å². The fourth-order valence-electron chi connectivity index (χ4n) is 2.66. The van der Waals surface area contributed by atoms with Crippen LogP contribution in [0, 0.1) is 0 Å². The second-order valence-corrected chi connectivity index (χ2v) is 5.74. The average molecular weight is 314 g/mol. The first-order valence-corrected chi connectivity index (χ1v) is 8.18. The normalized spacial score (nSPS) is 12.8. The van der Waals surface area contributed by atoms with Crippen LogP contribution in [0.1, 0.15) is 22.7 Å². The lowest BCUT2D eigenvalue weighted by Gasteiger charge is -2.17. The van der Waals surface area contributed by atoms with E-state index in [2.05, 4.69) is 59.9 Å². The fraction of sp³-hybridized carbons (Fsp3) is 0.0909. The van der Waals surface area contributed by atoms with Crippen LogP contribution < -0.4 is 11.1 Å². The van der Waals surface area contributed by atoms with Crippen molar-refractivity contribution in [1.29, 1.82) is 0 Å². The highest BCUT2D eigenvalue weighted by atomic mass is 14.9. The van der Waals surface area contributed by atoms with Gasteiger partial charge in [0.1, 0.15) is 0 Å². The highest BCUT2D eigenvalue weighted by molar-refractivity contribution is 5.63. The Balaban J connectivity index is 1.82.